The lowest BCUT2D eigenvalue weighted by Gasteiger charge is -1.63. The summed E-state index contributed by atoms with van der Waals surface area (Å²) in [6.07, 6.45) is 0. The largest absolute Gasteiger partial charge is 0.125 e. The van der Waals surface area contributed by atoms with Crippen LogP contribution in [0.2, 0.25) is 0 Å². The van der Waals surface area contributed by atoms with E-state index in [1.54, 1.807) is 0 Å². The Morgan fingerprint density at radius 1 is 1.00 bits per heavy atom. The highest BCUT2D eigenvalue weighted by molar-refractivity contribution is 6.25. The first-order valence-corrected chi connectivity index (χ1v) is 2.30. The molecule has 0 radical (unpaired) electrons. The van der Waals surface area contributed by atoms with Crippen molar-refractivity contribution in [1.29, 1.82) is 10.8 Å². The van der Waals surface area contributed by atoms with Gasteiger partial charge in [0.15, 0.2) is 0 Å². The van der Waals surface area contributed by atoms with Crippen LogP contribution < -0.4 is 0 Å². The maximum absolute atomic E-state index is 6.00. The molecular weight excluding hydrogens is 123 g/mol. The maximum Gasteiger partial charge on any atom is 0.0359 e. The molecule has 0 heterocycles. The summed E-state index contributed by atoms with van der Waals surface area (Å²) in [6, 6.07) is 0. The second-order valence-electron chi connectivity index (χ2n) is 0.378. The lowest BCUT2D eigenvalue weighted by Crippen LogP contribution is -1.63. The van der Waals surface area contributed by atoms with E-state index in [2.05, 4.69) is 0 Å². The molecule has 0 atom stereocenters. The van der Waals surface area contributed by atoms with E-state index in [-0.39, 0.29) is 0 Å². The van der Waals surface area contributed by atoms with Gasteiger partial charge in [-0.25, -0.2) is 0 Å². The van der Waals surface area contributed by atoms with Crippen molar-refractivity contribution in [1.82, 2.24) is 0 Å². The van der Waals surface area contributed by atoms with Crippen molar-refractivity contribution in [2.75, 3.05) is 11.8 Å². The zero-order valence-electron chi connectivity index (χ0n) is 3.06. The normalized spacial score (nSPS) is 5.33. The van der Waals surface area contributed by atoms with Crippen LogP contribution in [0.25, 0.3) is 0 Å². The van der Waals surface area contributed by atoms with Gasteiger partial charge in [-0.1, -0.05) is 0 Å². The van der Waals surface area contributed by atoms with Gasteiger partial charge in [0.25, 0.3) is 0 Å². The van der Waals surface area contributed by atoms with Crippen molar-refractivity contribution in [3.05, 3.63) is 0 Å². The number of rotatable bonds is 1. The fourth-order valence-electron chi connectivity index (χ4n) is 0. The molecule has 0 saturated carbocycles. The van der Waals surface area contributed by atoms with Crippen LogP contribution >= 0.6 is 23.2 Å². The molecule has 0 fully saturated rings. The highest BCUT2D eigenvalue weighted by Crippen LogP contribution is 1.75. The standard InChI is InChI=1S/C2H4Cl2.N2/c3-1-2-4;1-2/h1-2H2;. The Labute approximate surface area is 46.5 Å². The molecule has 0 aliphatic carbocycles. The minimum Gasteiger partial charge on any atom is -0.125 e. The number of alkyl halides is 2. The Kier molecular flexibility index (Phi) is 31.2. The molecule has 0 saturated heterocycles. The van der Waals surface area contributed by atoms with E-state index in [1.807, 2.05) is 0 Å². The summed E-state index contributed by atoms with van der Waals surface area (Å²) >= 11 is 10.1. The van der Waals surface area contributed by atoms with Crippen LogP contribution in [0.15, 0.2) is 0 Å². The molecule has 0 amide bonds. The fraction of sp³-hybridized carbons (Fsp3) is 1.00. The quantitative estimate of drug-likeness (QED) is 0.395. The Balaban J connectivity index is 0. The number of hydrogen-bond donors (Lipinski definition) is 0. The minimum atomic E-state index is 0.557. The highest BCUT2D eigenvalue weighted by Gasteiger charge is 1.61. The molecule has 0 spiro atoms. The molecule has 0 unspecified atom stereocenters. The predicted octanol–water partition coefficient (Wildman–Crippen LogP) is 1.49. The molecule has 0 aliphatic heterocycles. The third-order valence-corrected chi connectivity index (χ3v) is 0.643. The first kappa shape index (κ1) is 9.38. The van der Waals surface area contributed by atoms with Crippen molar-refractivity contribution < 1.29 is 0 Å². The van der Waals surface area contributed by atoms with E-state index >= 15 is 0 Å². The predicted molar refractivity (Wildman–Crippen MR) is 24.9 cm³/mol. The van der Waals surface area contributed by atoms with Gasteiger partial charge in [-0.15, -0.1) is 23.2 Å². The first-order valence-electron chi connectivity index (χ1n) is 1.23. The van der Waals surface area contributed by atoms with Crippen LogP contribution in [-0.4, -0.2) is 11.8 Å². The molecule has 0 aromatic rings. The topological polar surface area (TPSA) is 47.6 Å². The highest BCUT2D eigenvalue weighted by atomic mass is 35.5. The van der Waals surface area contributed by atoms with E-state index in [0.717, 1.165) is 0 Å². The second kappa shape index (κ2) is 20.0. The molecule has 2 nitrogen and oxygen atoms in total. The number of halogens is 2. The van der Waals surface area contributed by atoms with Gasteiger partial charge in [0.2, 0.25) is 0 Å². The van der Waals surface area contributed by atoms with Gasteiger partial charge in [0.05, 0.1) is 0 Å². The van der Waals surface area contributed by atoms with Crippen LogP contribution in [0.3, 0.4) is 0 Å². The summed E-state index contributed by atoms with van der Waals surface area (Å²) < 4.78 is 0. The summed E-state index contributed by atoms with van der Waals surface area (Å²) in [6.45, 7) is 0. The summed E-state index contributed by atoms with van der Waals surface area (Å²) in [5.74, 6) is 1.11. The SMILES string of the molecule is ClCCCl.N#N. The zero-order valence-corrected chi connectivity index (χ0v) is 4.58. The van der Waals surface area contributed by atoms with Crippen LogP contribution in [-0.2, 0) is 0 Å². The van der Waals surface area contributed by atoms with Crippen LogP contribution in [0.4, 0.5) is 0 Å². The van der Waals surface area contributed by atoms with Gasteiger partial charge in [-0.05, 0) is 0 Å². The molecule has 6 heavy (non-hydrogen) atoms. The van der Waals surface area contributed by atoms with Gasteiger partial charge < -0.3 is 0 Å². The third kappa shape index (κ3) is 36.0. The molecule has 36 valence electrons. The molecule has 0 bridgehead atoms. The van der Waals surface area contributed by atoms with E-state index in [1.165, 1.54) is 0 Å². The Bertz CT molecular complexity index is 26.0. The average molecular weight is 127 g/mol. The van der Waals surface area contributed by atoms with E-state index < -0.39 is 0 Å². The van der Waals surface area contributed by atoms with Gasteiger partial charge in [-0.3, -0.25) is 0 Å². The van der Waals surface area contributed by atoms with Crippen molar-refractivity contribution >= 4 is 23.2 Å². The van der Waals surface area contributed by atoms with Crippen molar-refractivity contribution in [2.45, 2.75) is 0 Å². The van der Waals surface area contributed by atoms with E-state index in [0.29, 0.717) is 11.8 Å². The Morgan fingerprint density at radius 2 is 1.17 bits per heavy atom. The first-order chi connectivity index (χ1) is 2.91. The zero-order chi connectivity index (χ0) is 5.41. The van der Waals surface area contributed by atoms with Crippen LogP contribution in [0, 0.1) is 10.8 Å². The monoisotopic (exact) mass is 126 g/mol. The molecule has 4 heteroatoms. The molecule has 0 rings (SSSR count). The molecule has 0 aromatic heterocycles. The maximum atomic E-state index is 6.00. The van der Waals surface area contributed by atoms with Gasteiger partial charge in [0, 0.05) is 22.5 Å². The van der Waals surface area contributed by atoms with Gasteiger partial charge in [-0.2, -0.15) is 0 Å². The van der Waals surface area contributed by atoms with Gasteiger partial charge in [0.1, 0.15) is 0 Å². The smallest absolute Gasteiger partial charge is 0.0359 e. The van der Waals surface area contributed by atoms with Crippen molar-refractivity contribution in [2.24, 2.45) is 0 Å². The summed E-state index contributed by atoms with van der Waals surface area (Å²) in [4.78, 5) is 0. The number of hydrogen-bond acceptors (Lipinski definition) is 2. The molecular formula is C2H4Cl2N2. The fourth-order valence-corrected chi connectivity index (χ4v) is 0. The second-order valence-corrected chi connectivity index (χ2v) is 1.13. The minimum absolute atomic E-state index is 0.557. The average Bonchev–Trinajstić information content (AvgIpc) is 1.72. The Morgan fingerprint density at radius 3 is 1.17 bits per heavy atom. The lowest BCUT2D eigenvalue weighted by atomic mass is 11.0. The Hall–Kier alpha value is 0. The van der Waals surface area contributed by atoms with Crippen molar-refractivity contribution in [3.8, 4) is 0 Å². The summed E-state index contributed by atoms with van der Waals surface area (Å²) in [7, 11) is 0. The van der Waals surface area contributed by atoms with Crippen LogP contribution in [0.5, 0.6) is 0 Å². The number of nitrogens with zero attached hydrogens (tertiary/aromatic N) is 2. The molecule has 0 N–H and O–H groups in total. The van der Waals surface area contributed by atoms with Gasteiger partial charge >= 0.3 is 0 Å². The van der Waals surface area contributed by atoms with Crippen LogP contribution in [0.1, 0.15) is 0 Å². The molecule has 0 aromatic carbocycles. The van der Waals surface area contributed by atoms with E-state index in [9.17, 15) is 0 Å². The van der Waals surface area contributed by atoms with E-state index in [4.69, 9.17) is 34.0 Å². The molecule has 0 aliphatic rings. The summed E-state index contributed by atoms with van der Waals surface area (Å²) in [5.41, 5.74) is 0. The third-order valence-electron chi connectivity index (χ3n) is 0.0714. The summed E-state index contributed by atoms with van der Waals surface area (Å²) in [5, 5.41) is 12.0. The van der Waals surface area contributed by atoms with Crippen molar-refractivity contribution in [3.63, 3.8) is 0 Å². The lowest BCUT2D eigenvalue weighted by molar-refractivity contribution is 1.15.